The second-order valence-corrected chi connectivity index (χ2v) is 7.40. The SMILES string of the molecule is O=C(NNC(=O)c1n[nH]c(=O)c2ccccc12)c1cccc(-n2nccc2-c2ccccc2)c1. The summed E-state index contributed by atoms with van der Waals surface area (Å²) in [6.07, 6.45) is 1.69. The maximum Gasteiger partial charge on any atom is 0.290 e. The first-order valence-corrected chi connectivity index (χ1v) is 10.4. The van der Waals surface area contributed by atoms with Crippen LogP contribution in [0.2, 0.25) is 0 Å². The lowest BCUT2D eigenvalue weighted by molar-refractivity contribution is 0.0844. The number of carbonyl (C=O) groups excluding carboxylic acids is 2. The molecule has 9 heteroatoms. The van der Waals surface area contributed by atoms with Gasteiger partial charge in [0.15, 0.2) is 5.69 Å². The Kier molecular flexibility index (Phi) is 5.41. The molecule has 0 fully saturated rings. The second kappa shape index (κ2) is 8.83. The minimum absolute atomic E-state index is 0.00621. The van der Waals surface area contributed by atoms with E-state index >= 15 is 0 Å². The van der Waals surface area contributed by atoms with Gasteiger partial charge < -0.3 is 0 Å². The van der Waals surface area contributed by atoms with Gasteiger partial charge in [0.1, 0.15) is 0 Å². The van der Waals surface area contributed by atoms with Gasteiger partial charge >= 0.3 is 0 Å². The minimum atomic E-state index is -0.657. The number of aromatic amines is 1. The summed E-state index contributed by atoms with van der Waals surface area (Å²) < 4.78 is 1.74. The third kappa shape index (κ3) is 3.93. The van der Waals surface area contributed by atoms with Crippen LogP contribution < -0.4 is 16.4 Å². The van der Waals surface area contributed by atoms with Crippen LogP contribution in [0.25, 0.3) is 27.7 Å². The smallest absolute Gasteiger partial charge is 0.267 e. The van der Waals surface area contributed by atoms with Crippen LogP contribution in [-0.4, -0.2) is 31.8 Å². The molecule has 3 aromatic carbocycles. The summed E-state index contributed by atoms with van der Waals surface area (Å²) in [5, 5.41) is 11.2. The molecule has 0 atom stereocenters. The molecule has 0 aliphatic rings. The molecular weight excluding hydrogens is 432 g/mol. The minimum Gasteiger partial charge on any atom is -0.267 e. The number of hydrogen-bond donors (Lipinski definition) is 3. The lowest BCUT2D eigenvalue weighted by atomic mass is 10.1. The number of nitrogens with zero attached hydrogens (tertiary/aromatic N) is 3. The van der Waals surface area contributed by atoms with Crippen LogP contribution >= 0.6 is 0 Å². The van der Waals surface area contributed by atoms with Gasteiger partial charge in [0.2, 0.25) is 0 Å². The van der Waals surface area contributed by atoms with Crippen molar-refractivity contribution >= 4 is 22.6 Å². The van der Waals surface area contributed by atoms with Gasteiger partial charge in [-0.15, -0.1) is 0 Å². The van der Waals surface area contributed by atoms with Crippen molar-refractivity contribution in [3.8, 4) is 16.9 Å². The highest BCUT2D eigenvalue weighted by molar-refractivity contribution is 6.06. The van der Waals surface area contributed by atoms with Crippen LogP contribution in [-0.2, 0) is 0 Å². The molecule has 0 aliphatic carbocycles. The van der Waals surface area contributed by atoms with E-state index in [0.29, 0.717) is 22.0 Å². The molecule has 0 spiro atoms. The van der Waals surface area contributed by atoms with Crippen LogP contribution in [0.3, 0.4) is 0 Å². The van der Waals surface area contributed by atoms with Gasteiger partial charge in [-0.3, -0.25) is 25.2 Å². The summed E-state index contributed by atoms with van der Waals surface area (Å²) in [5.41, 5.74) is 7.22. The van der Waals surface area contributed by atoms with Crippen LogP contribution in [0.15, 0.2) is 95.9 Å². The first-order chi connectivity index (χ1) is 16.6. The van der Waals surface area contributed by atoms with Gasteiger partial charge in [0.25, 0.3) is 17.4 Å². The normalized spacial score (nSPS) is 10.7. The molecule has 0 bridgehead atoms. The molecule has 0 saturated carbocycles. The van der Waals surface area contributed by atoms with E-state index < -0.39 is 17.4 Å². The van der Waals surface area contributed by atoms with Gasteiger partial charge in [-0.05, 0) is 30.3 Å². The molecule has 0 saturated heterocycles. The summed E-state index contributed by atoms with van der Waals surface area (Å²) in [6.45, 7) is 0. The maximum atomic E-state index is 12.7. The number of fused-ring (bicyclic) bond motifs is 1. The van der Waals surface area contributed by atoms with E-state index in [1.54, 1.807) is 53.3 Å². The fourth-order valence-corrected chi connectivity index (χ4v) is 3.65. The van der Waals surface area contributed by atoms with Crippen molar-refractivity contribution in [3.05, 3.63) is 113 Å². The summed E-state index contributed by atoms with van der Waals surface area (Å²) in [4.78, 5) is 37.3. The van der Waals surface area contributed by atoms with Gasteiger partial charge in [0.05, 0.1) is 23.0 Å². The number of amides is 2. The fourth-order valence-electron chi connectivity index (χ4n) is 3.65. The van der Waals surface area contributed by atoms with Crippen molar-refractivity contribution < 1.29 is 9.59 Å². The van der Waals surface area contributed by atoms with Crippen molar-refractivity contribution in [1.82, 2.24) is 30.8 Å². The van der Waals surface area contributed by atoms with E-state index in [2.05, 4.69) is 26.1 Å². The summed E-state index contributed by atoms with van der Waals surface area (Å²) in [7, 11) is 0. The molecule has 2 amide bonds. The number of hydrogen-bond acceptors (Lipinski definition) is 5. The number of nitrogens with one attached hydrogen (secondary N) is 3. The molecule has 2 heterocycles. The second-order valence-electron chi connectivity index (χ2n) is 7.40. The third-order valence-corrected chi connectivity index (χ3v) is 5.27. The predicted octanol–water partition coefficient (Wildman–Crippen LogP) is 2.85. The Hall–Kier alpha value is -5.05. The first kappa shape index (κ1) is 20.8. The largest absolute Gasteiger partial charge is 0.290 e. The highest BCUT2D eigenvalue weighted by Crippen LogP contribution is 2.22. The molecule has 3 N–H and O–H groups in total. The number of aromatic nitrogens is 4. The van der Waals surface area contributed by atoms with E-state index in [4.69, 9.17) is 0 Å². The van der Waals surface area contributed by atoms with Crippen molar-refractivity contribution in [2.75, 3.05) is 0 Å². The Balaban J connectivity index is 1.35. The lowest BCUT2D eigenvalue weighted by Gasteiger charge is -2.11. The number of benzene rings is 3. The molecule has 0 unspecified atom stereocenters. The summed E-state index contributed by atoms with van der Waals surface area (Å²) in [5.74, 6) is -1.17. The predicted molar refractivity (Wildman–Crippen MR) is 126 cm³/mol. The van der Waals surface area contributed by atoms with Gasteiger partial charge in [-0.25, -0.2) is 9.78 Å². The van der Waals surface area contributed by atoms with Crippen molar-refractivity contribution in [2.24, 2.45) is 0 Å². The van der Waals surface area contributed by atoms with E-state index in [0.717, 1.165) is 11.3 Å². The third-order valence-electron chi connectivity index (χ3n) is 5.27. The monoisotopic (exact) mass is 450 g/mol. The van der Waals surface area contributed by atoms with Crippen LogP contribution in [0, 0.1) is 0 Å². The molecule has 5 rings (SSSR count). The fraction of sp³-hybridized carbons (Fsp3) is 0. The van der Waals surface area contributed by atoms with Gasteiger partial charge in [-0.1, -0.05) is 54.6 Å². The van der Waals surface area contributed by atoms with E-state index in [1.807, 2.05) is 42.5 Å². The molecule has 9 nitrogen and oxygen atoms in total. The van der Waals surface area contributed by atoms with Crippen LogP contribution in [0.1, 0.15) is 20.8 Å². The zero-order valence-corrected chi connectivity index (χ0v) is 17.7. The van der Waals surface area contributed by atoms with Crippen molar-refractivity contribution in [2.45, 2.75) is 0 Å². The van der Waals surface area contributed by atoms with Gasteiger partial charge in [-0.2, -0.15) is 10.2 Å². The molecule has 2 aromatic heterocycles. The number of rotatable bonds is 4. The topological polar surface area (TPSA) is 122 Å². The van der Waals surface area contributed by atoms with Crippen molar-refractivity contribution in [1.29, 1.82) is 0 Å². The van der Waals surface area contributed by atoms with Gasteiger partial charge in [0, 0.05) is 16.5 Å². The Morgan fingerprint density at radius 1 is 0.794 bits per heavy atom. The Labute approximate surface area is 193 Å². The quantitative estimate of drug-likeness (QED) is 0.364. The van der Waals surface area contributed by atoms with E-state index in [1.165, 1.54) is 0 Å². The molecule has 0 radical (unpaired) electrons. The number of hydrazine groups is 1. The zero-order valence-electron chi connectivity index (χ0n) is 17.7. The Bertz CT molecular complexity index is 1570. The first-order valence-electron chi connectivity index (χ1n) is 10.4. The molecular formula is C25H18N6O3. The molecule has 0 aliphatic heterocycles. The number of H-pyrrole nitrogens is 1. The molecule has 5 aromatic rings. The van der Waals surface area contributed by atoms with Crippen molar-refractivity contribution in [3.63, 3.8) is 0 Å². The molecule has 166 valence electrons. The summed E-state index contributed by atoms with van der Waals surface area (Å²) in [6, 6.07) is 25.2. The number of carbonyl (C=O) groups is 2. The van der Waals surface area contributed by atoms with E-state index in [-0.39, 0.29) is 5.69 Å². The standard InChI is InChI=1S/C25H18N6O3/c32-23(28-30-25(34)22-19-11-4-5-12-20(19)24(33)29-27-22)17-9-6-10-18(15-17)31-21(13-14-26-31)16-7-2-1-3-8-16/h1-15H,(H,28,32)(H,29,33)(H,30,34). The Morgan fingerprint density at radius 3 is 2.35 bits per heavy atom. The summed E-state index contributed by atoms with van der Waals surface area (Å²) >= 11 is 0. The zero-order chi connectivity index (χ0) is 23.5. The van der Waals surface area contributed by atoms with Crippen LogP contribution in [0.4, 0.5) is 0 Å². The Morgan fingerprint density at radius 2 is 1.53 bits per heavy atom. The van der Waals surface area contributed by atoms with E-state index in [9.17, 15) is 14.4 Å². The average molecular weight is 450 g/mol. The lowest BCUT2D eigenvalue weighted by Crippen LogP contribution is -2.42. The van der Waals surface area contributed by atoms with Crippen LogP contribution in [0.5, 0.6) is 0 Å². The highest BCUT2D eigenvalue weighted by Gasteiger charge is 2.16. The molecule has 34 heavy (non-hydrogen) atoms. The highest BCUT2D eigenvalue weighted by atomic mass is 16.2. The average Bonchev–Trinajstić information content (AvgIpc) is 3.38. The maximum absolute atomic E-state index is 12.7.